The highest BCUT2D eigenvalue weighted by Gasteiger charge is 2.02. The number of unbranched alkanes of at least 4 members (excludes halogenated alkanes) is 1. The number of rotatable bonds is 7. The third-order valence-corrected chi connectivity index (χ3v) is 2.86. The molecule has 0 fully saturated rings. The van der Waals surface area contributed by atoms with Gasteiger partial charge in [0.05, 0.1) is 7.11 Å². The molecular weight excluding hydrogens is 268 g/mol. The molecule has 1 aromatic rings. The summed E-state index contributed by atoms with van der Waals surface area (Å²) in [4.78, 5) is 0. The van der Waals surface area contributed by atoms with Gasteiger partial charge in [0.2, 0.25) is 0 Å². The predicted molar refractivity (Wildman–Crippen MR) is 70.7 cm³/mol. The molecule has 1 aromatic carbocycles. The van der Waals surface area contributed by atoms with E-state index >= 15 is 0 Å². The van der Waals surface area contributed by atoms with Gasteiger partial charge in [-0.05, 0) is 44.1 Å². The fourth-order valence-electron chi connectivity index (χ4n) is 1.50. The van der Waals surface area contributed by atoms with Crippen LogP contribution in [0.5, 0.6) is 5.75 Å². The van der Waals surface area contributed by atoms with Crippen molar-refractivity contribution in [2.24, 2.45) is 5.73 Å². The van der Waals surface area contributed by atoms with Crippen LogP contribution in [0.3, 0.4) is 0 Å². The molecule has 0 unspecified atom stereocenters. The van der Waals surface area contributed by atoms with Gasteiger partial charge in [0.25, 0.3) is 0 Å². The van der Waals surface area contributed by atoms with E-state index in [1.165, 1.54) is 5.56 Å². The maximum absolute atomic E-state index is 5.43. The summed E-state index contributed by atoms with van der Waals surface area (Å²) in [5, 5.41) is 3.38. The van der Waals surface area contributed by atoms with E-state index in [0.717, 1.165) is 42.7 Å². The van der Waals surface area contributed by atoms with Gasteiger partial charge in [-0.1, -0.05) is 15.9 Å². The molecule has 0 radical (unpaired) electrons. The van der Waals surface area contributed by atoms with Crippen LogP contribution in [0, 0.1) is 0 Å². The maximum atomic E-state index is 5.43. The molecule has 3 N–H and O–H groups in total. The minimum atomic E-state index is 0.766. The van der Waals surface area contributed by atoms with Crippen LogP contribution in [0.4, 0.5) is 0 Å². The highest BCUT2D eigenvalue weighted by atomic mass is 79.9. The second kappa shape index (κ2) is 7.65. The lowest BCUT2D eigenvalue weighted by Crippen LogP contribution is -2.16. The first-order valence-electron chi connectivity index (χ1n) is 5.51. The van der Waals surface area contributed by atoms with Crippen molar-refractivity contribution in [2.45, 2.75) is 19.4 Å². The molecular formula is C12H19BrN2O. The molecule has 3 nitrogen and oxygen atoms in total. The number of hydrogen-bond acceptors (Lipinski definition) is 3. The van der Waals surface area contributed by atoms with E-state index in [4.69, 9.17) is 10.5 Å². The Morgan fingerprint density at radius 3 is 2.88 bits per heavy atom. The van der Waals surface area contributed by atoms with Crippen molar-refractivity contribution >= 4 is 15.9 Å². The van der Waals surface area contributed by atoms with Crippen molar-refractivity contribution in [2.75, 3.05) is 20.2 Å². The number of benzene rings is 1. The first-order chi connectivity index (χ1) is 7.77. The normalized spacial score (nSPS) is 10.4. The molecule has 0 bridgehead atoms. The summed E-state index contributed by atoms with van der Waals surface area (Å²) in [5.41, 5.74) is 6.60. The van der Waals surface area contributed by atoms with E-state index in [1.54, 1.807) is 7.11 Å². The quantitative estimate of drug-likeness (QED) is 0.756. The fraction of sp³-hybridized carbons (Fsp3) is 0.500. The van der Waals surface area contributed by atoms with Gasteiger partial charge in [0.1, 0.15) is 5.75 Å². The molecule has 0 atom stereocenters. The van der Waals surface area contributed by atoms with Gasteiger partial charge in [-0.3, -0.25) is 0 Å². The molecule has 0 aromatic heterocycles. The van der Waals surface area contributed by atoms with Crippen LogP contribution < -0.4 is 15.8 Å². The van der Waals surface area contributed by atoms with E-state index in [0.29, 0.717) is 0 Å². The van der Waals surface area contributed by atoms with Crippen molar-refractivity contribution in [1.82, 2.24) is 5.32 Å². The Kier molecular flexibility index (Phi) is 6.45. The molecule has 0 saturated heterocycles. The van der Waals surface area contributed by atoms with Gasteiger partial charge in [-0.15, -0.1) is 0 Å². The average molecular weight is 287 g/mol. The number of halogens is 1. The van der Waals surface area contributed by atoms with Crippen LogP contribution in [-0.4, -0.2) is 20.2 Å². The van der Waals surface area contributed by atoms with E-state index in [2.05, 4.69) is 27.3 Å². The minimum Gasteiger partial charge on any atom is -0.496 e. The molecule has 0 aliphatic heterocycles. The van der Waals surface area contributed by atoms with Gasteiger partial charge >= 0.3 is 0 Å². The van der Waals surface area contributed by atoms with Gasteiger partial charge in [0.15, 0.2) is 0 Å². The number of nitrogens with one attached hydrogen (secondary N) is 1. The highest BCUT2D eigenvalue weighted by molar-refractivity contribution is 9.10. The molecule has 0 aliphatic rings. The van der Waals surface area contributed by atoms with Crippen molar-refractivity contribution in [1.29, 1.82) is 0 Å². The minimum absolute atomic E-state index is 0.766. The van der Waals surface area contributed by atoms with Crippen LogP contribution in [0.15, 0.2) is 22.7 Å². The van der Waals surface area contributed by atoms with Crippen LogP contribution >= 0.6 is 15.9 Å². The Labute approximate surface area is 105 Å². The molecule has 0 saturated carbocycles. The second-order valence-corrected chi connectivity index (χ2v) is 4.54. The van der Waals surface area contributed by atoms with Crippen LogP contribution in [0.25, 0.3) is 0 Å². The van der Waals surface area contributed by atoms with E-state index in [9.17, 15) is 0 Å². The summed E-state index contributed by atoms with van der Waals surface area (Å²) in [6, 6.07) is 6.03. The Morgan fingerprint density at radius 1 is 1.38 bits per heavy atom. The first kappa shape index (κ1) is 13.5. The zero-order valence-electron chi connectivity index (χ0n) is 9.63. The Bertz CT molecular complexity index is 318. The Hall–Kier alpha value is -0.580. The molecule has 4 heteroatoms. The molecule has 0 aliphatic carbocycles. The van der Waals surface area contributed by atoms with E-state index < -0.39 is 0 Å². The number of hydrogen-bond donors (Lipinski definition) is 2. The third kappa shape index (κ3) is 4.51. The summed E-state index contributed by atoms with van der Waals surface area (Å²) in [7, 11) is 1.70. The van der Waals surface area contributed by atoms with Crippen LogP contribution in [-0.2, 0) is 6.54 Å². The summed E-state index contributed by atoms with van der Waals surface area (Å²) >= 11 is 3.46. The van der Waals surface area contributed by atoms with Gasteiger partial charge < -0.3 is 15.8 Å². The highest BCUT2D eigenvalue weighted by Crippen LogP contribution is 2.22. The van der Waals surface area contributed by atoms with Crippen LogP contribution in [0.2, 0.25) is 0 Å². The van der Waals surface area contributed by atoms with Crippen LogP contribution in [0.1, 0.15) is 18.4 Å². The number of ether oxygens (including phenoxy) is 1. The lowest BCUT2D eigenvalue weighted by atomic mass is 10.2. The zero-order valence-corrected chi connectivity index (χ0v) is 11.2. The van der Waals surface area contributed by atoms with Crippen molar-refractivity contribution in [3.05, 3.63) is 28.2 Å². The predicted octanol–water partition coefficient (Wildman–Crippen LogP) is 2.29. The lowest BCUT2D eigenvalue weighted by Gasteiger charge is -2.10. The maximum Gasteiger partial charge on any atom is 0.123 e. The summed E-state index contributed by atoms with van der Waals surface area (Å²) < 4.78 is 6.37. The molecule has 0 heterocycles. The van der Waals surface area contributed by atoms with Crippen molar-refractivity contribution in [3.63, 3.8) is 0 Å². The van der Waals surface area contributed by atoms with Gasteiger partial charge in [-0.2, -0.15) is 0 Å². The summed E-state index contributed by atoms with van der Waals surface area (Å²) in [5.74, 6) is 0.925. The average Bonchev–Trinajstić information content (AvgIpc) is 2.29. The second-order valence-electron chi connectivity index (χ2n) is 3.63. The number of methoxy groups -OCH3 is 1. The largest absolute Gasteiger partial charge is 0.496 e. The first-order valence-corrected chi connectivity index (χ1v) is 6.30. The molecule has 1 rings (SSSR count). The van der Waals surface area contributed by atoms with Gasteiger partial charge in [-0.25, -0.2) is 0 Å². The number of nitrogens with two attached hydrogens (primary N) is 1. The summed E-state index contributed by atoms with van der Waals surface area (Å²) in [6.45, 7) is 2.59. The Morgan fingerprint density at radius 2 is 2.19 bits per heavy atom. The molecule has 0 amide bonds. The standard InChI is InChI=1S/C12H19BrN2O/c1-16-12-5-4-11(13)8-10(12)9-15-7-3-2-6-14/h4-5,8,15H,2-3,6-7,9,14H2,1H3. The van der Waals surface area contributed by atoms with E-state index in [-0.39, 0.29) is 0 Å². The summed E-state index contributed by atoms with van der Waals surface area (Å²) in [6.07, 6.45) is 2.19. The van der Waals surface area contributed by atoms with Crippen molar-refractivity contribution < 1.29 is 4.74 Å². The van der Waals surface area contributed by atoms with E-state index in [1.807, 2.05) is 12.1 Å². The molecule has 0 spiro atoms. The monoisotopic (exact) mass is 286 g/mol. The fourth-order valence-corrected chi connectivity index (χ4v) is 1.91. The lowest BCUT2D eigenvalue weighted by molar-refractivity contribution is 0.407. The molecule has 16 heavy (non-hydrogen) atoms. The zero-order chi connectivity index (χ0) is 11.8. The van der Waals surface area contributed by atoms with Gasteiger partial charge in [0, 0.05) is 16.6 Å². The van der Waals surface area contributed by atoms with Crippen molar-refractivity contribution in [3.8, 4) is 5.75 Å². The third-order valence-electron chi connectivity index (χ3n) is 2.37. The topological polar surface area (TPSA) is 47.3 Å². The Balaban J connectivity index is 2.42. The SMILES string of the molecule is COc1ccc(Br)cc1CNCCCCN. The smallest absolute Gasteiger partial charge is 0.123 e. The molecule has 90 valence electrons.